The first-order valence-electron chi connectivity index (χ1n) is 14.0. The van der Waals surface area contributed by atoms with Crippen molar-refractivity contribution >= 4 is 34.3 Å². The van der Waals surface area contributed by atoms with Crippen LogP contribution in [0, 0.1) is 0 Å². The van der Waals surface area contributed by atoms with Gasteiger partial charge in [0.2, 0.25) is 5.88 Å². The van der Waals surface area contributed by atoms with E-state index in [0.717, 1.165) is 17.4 Å². The Morgan fingerprint density at radius 3 is 2.48 bits per heavy atom. The highest BCUT2D eigenvalue weighted by atomic mass is 32.1. The molecule has 1 fully saturated rings. The first kappa shape index (κ1) is 33.2. The van der Waals surface area contributed by atoms with Crippen molar-refractivity contribution in [1.82, 2.24) is 10.3 Å². The Morgan fingerprint density at radius 1 is 1.09 bits per heavy atom. The van der Waals surface area contributed by atoms with Crippen LogP contribution >= 0.6 is 11.3 Å². The number of fused-ring (bicyclic) bond motifs is 1. The van der Waals surface area contributed by atoms with Gasteiger partial charge in [-0.05, 0) is 67.8 Å². The summed E-state index contributed by atoms with van der Waals surface area (Å²) < 4.78 is 87.7. The molecule has 1 saturated heterocycles. The number of ether oxygens (including phenoxy) is 1. The summed E-state index contributed by atoms with van der Waals surface area (Å²) in [6, 6.07) is 5.23. The molecule has 2 aliphatic rings. The van der Waals surface area contributed by atoms with Crippen LogP contribution in [0.1, 0.15) is 54.3 Å². The van der Waals surface area contributed by atoms with Crippen LogP contribution in [0.4, 0.5) is 36.3 Å². The molecule has 0 saturated carbocycles. The zero-order chi connectivity index (χ0) is 33.6. The number of aliphatic hydroxyl groups is 1. The van der Waals surface area contributed by atoms with Gasteiger partial charge in [-0.15, -0.1) is 0 Å². The summed E-state index contributed by atoms with van der Waals surface area (Å²) in [6.07, 6.45) is -9.50. The van der Waals surface area contributed by atoms with E-state index in [2.05, 4.69) is 20.5 Å². The molecule has 3 N–H and O–H groups in total. The Bertz CT molecular complexity index is 1800. The van der Waals surface area contributed by atoms with Crippen molar-refractivity contribution in [1.29, 1.82) is 0 Å². The summed E-state index contributed by atoms with van der Waals surface area (Å²) in [4.78, 5) is 18.4. The number of alkyl carbamates (subject to hydrolysis) is 1. The molecule has 3 heterocycles. The number of aromatic hydroxyl groups is 1. The first-order chi connectivity index (χ1) is 21.4. The van der Waals surface area contributed by atoms with Gasteiger partial charge in [0.05, 0.1) is 46.3 Å². The Labute approximate surface area is 262 Å². The number of hydrogen-bond acceptors (Lipinski definition) is 9. The van der Waals surface area contributed by atoms with Gasteiger partial charge in [0.15, 0.2) is 5.13 Å². The van der Waals surface area contributed by atoms with Gasteiger partial charge in [-0.3, -0.25) is 0 Å². The third-order valence-corrected chi connectivity index (χ3v) is 8.45. The average molecular weight is 670 g/mol. The molecule has 2 aliphatic heterocycles. The lowest BCUT2D eigenvalue weighted by molar-refractivity contribution is -0.143. The molecule has 5 rings (SSSR count). The molecular weight excluding hydrogens is 640 g/mol. The fourth-order valence-electron chi connectivity index (χ4n) is 5.29. The minimum Gasteiger partial charge on any atom is -0.492 e. The topological polar surface area (TPSA) is 120 Å². The van der Waals surface area contributed by atoms with Crippen LogP contribution in [-0.2, 0) is 23.5 Å². The number of nitrogens with zero attached hydrogens (tertiary/aromatic N) is 4. The van der Waals surface area contributed by atoms with Crippen LogP contribution in [0.3, 0.4) is 0 Å². The standard InChI is InChI=1S/C30H29F6N5O4S/c1-28(2,3)45-27(44)38-19-11-20(14-42)41(13-19)26-39-25(43)24(46-26)21(15-5-7-23-17(8-15)12-37-40-23)9-16-4-6-18(29(31,32)33)10-22(16)30(34,35)36/h4-8,10,12,19-20,42-43H,9,11,13-14H2,1-3H3,(H,38,44)/t19-,20-/m1/s1. The number of amides is 1. The zero-order valence-corrected chi connectivity index (χ0v) is 25.5. The van der Waals surface area contributed by atoms with Crippen molar-refractivity contribution in [3.63, 3.8) is 0 Å². The van der Waals surface area contributed by atoms with E-state index in [9.17, 15) is 41.4 Å². The minimum atomic E-state index is -5.11. The molecule has 9 nitrogen and oxygen atoms in total. The number of alkyl halides is 6. The highest BCUT2D eigenvalue weighted by Gasteiger charge is 2.39. The summed E-state index contributed by atoms with van der Waals surface area (Å²) in [5, 5.41) is 32.8. The molecule has 16 heteroatoms. The Morgan fingerprint density at radius 2 is 1.83 bits per heavy atom. The molecule has 2 atom stereocenters. The number of thiazole rings is 1. The van der Waals surface area contributed by atoms with Crippen LogP contribution in [-0.4, -0.2) is 58.3 Å². The van der Waals surface area contributed by atoms with Gasteiger partial charge in [0.25, 0.3) is 0 Å². The van der Waals surface area contributed by atoms with Gasteiger partial charge in [0.1, 0.15) is 5.60 Å². The second-order valence-electron chi connectivity index (χ2n) is 11.9. The Hall–Kier alpha value is -4.18. The highest BCUT2D eigenvalue weighted by molar-refractivity contribution is 7.17. The van der Waals surface area contributed by atoms with Gasteiger partial charge in [-0.1, -0.05) is 23.5 Å². The van der Waals surface area contributed by atoms with Crippen molar-refractivity contribution in [2.24, 2.45) is 10.2 Å². The van der Waals surface area contributed by atoms with Gasteiger partial charge >= 0.3 is 18.4 Å². The quantitative estimate of drug-likeness (QED) is 0.326. The van der Waals surface area contributed by atoms with Crippen molar-refractivity contribution in [2.75, 3.05) is 18.1 Å². The number of benzene rings is 2. The van der Waals surface area contributed by atoms with Crippen LogP contribution < -0.4 is 20.8 Å². The van der Waals surface area contributed by atoms with E-state index in [1.54, 1.807) is 43.9 Å². The van der Waals surface area contributed by atoms with E-state index in [1.165, 1.54) is 6.21 Å². The molecule has 0 bridgehead atoms. The Balaban J connectivity index is 1.56. The van der Waals surface area contributed by atoms with E-state index < -0.39 is 65.1 Å². The molecule has 3 aromatic rings. The molecule has 46 heavy (non-hydrogen) atoms. The molecule has 2 aromatic carbocycles. The van der Waals surface area contributed by atoms with Crippen LogP contribution in [0.25, 0.3) is 5.57 Å². The normalized spacial score (nSPS) is 18.8. The van der Waals surface area contributed by atoms with Crippen molar-refractivity contribution in [3.05, 3.63) is 74.1 Å². The highest BCUT2D eigenvalue weighted by Crippen LogP contribution is 2.42. The third kappa shape index (κ3) is 7.28. The van der Waals surface area contributed by atoms with E-state index >= 15 is 0 Å². The molecule has 0 radical (unpaired) electrons. The van der Waals surface area contributed by atoms with Crippen molar-refractivity contribution in [3.8, 4) is 5.88 Å². The summed E-state index contributed by atoms with van der Waals surface area (Å²) in [5.74, 6) is -0.519. The number of nitrogens with one attached hydrogen (secondary N) is 1. The average Bonchev–Trinajstić information content (AvgIpc) is 3.67. The van der Waals surface area contributed by atoms with E-state index in [0.29, 0.717) is 28.6 Å². The van der Waals surface area contributed by atoms with E-state index in [1.807, 2.05) is 0 Å². The summed E-state index contributed by atoms with van der Waals surface area (Å²) in [7, 11) is 0. The summed E-state index contributed by atoms with van der Waals surface area (Å²) >= 11 is 0.937. The van der Waals surface area contributed by atoms with Gasteiger partial charge in [-0.2, -0.15) is 41.5 Å². The molecule has 0 aliphatic carbocycles. The third-order valence-electron chi connectivity index (χ3n) is 7.31. The zero-order valence-electron chi connectivity index (χ0n) is 24.7. The number of rotatable bonds is 6. The van der Waals surface area contributed by atoms with Crippen LogP contribution in [0.5, 0.6) is 5.88 Å². The lowest BCUT2D eigenvalue weighted by Crippen LogP contribution is -2.40. The predicted octanol–water partition coefficient (Wildman–Crippen LogP) is 4.76. The number of halogens is 6. The maximum Gasteiger partial charge on any atom is 0.416 e. The number of anilines is 1. The number of carbonyl (C=O) groups is 1. The Kier molecular flexibility index (Phi) is 8.81. The van der Waals surface area contributed by atoms with Gasteiger partial charge in [-0.25, -0.2) is 4.79 Å². The number of carbonyl (C=O) groups excluding carboxylic acids is 1. The second kappa shape index (κ2) is 12.2. The minimum absolute atomic E-state index is 0.0764. The lowest BCUT2D eigenvalue weighted by atomic mass is 9.94. The maximum absolute atomic E-state index is 14.1. The summed E-state index contributed by atoms with van der Waals surface area (Å²) in [6.45, 7) is 4.99. The molecule has 246 valence electrons. The SMILES string of the molecule is CC(C)(C)OC(=O)N[C@@H]1C[C@H](CO)N(c2nc(O)c(C(Cc3ccc(C(F)(F)F)cc3C(F)(F)F)=c3ccc4c(c3)C=NN=4)s2)C1. The van der Waals surface area contributed by atoms with Crippen molar-refractivity contribution < 1.29 is 46.1 Å². The number of aliphatic hydroxyl groups excluding tert-OH is 1. The fraction of sp³-hybridized carbons (Fsp3) is 0.400. The van der Waals surface area contributed by atoms with E-state index in [4.69, 9.17) is 4.74 Å². The predicted molar refractivity (Wildman–Crippen MR) is 157 cm³/mol. The van der Waals surface area contributed by atoms with Gasteiger partial charge < -0.3 is 25.2 Å². The second-order valence-corrected chi connectivity index (χ2v) is 12.8. The monoisotopic (exact) mass is 669 g/mol. The maximum atomic E-state index is 14.1. The van der Waals surface area contributed by atoms with Crippen molar-refractivity contribution in [2.45, 2.75) is 63.7 Å². The lowest BCUT2D eigenvalue weighted by Gasteiger charge is -2.22. The molecule has 1 aromatic heterocycles. The number of aromatic nitrogens is 1. The van der Waals surface area contributed by atoms with Crippen LogP contribution in [0.2, 0.25) is 0 Å². The largest absolute Gasteiger partial charge is 0.492 e. The first-order valence-corrected chi connectivity index (χ1v) is 14.8. The fourth-order valence-corrected chi connectivity index (χ4v) is 6.39. The molecule has 0 unspecified atom stereocenters. The molecule has 1 amide bonds. The smallest absolute Gasteiger partial charge is 0.416 e. The van der Waals surface area contributed by atoms with Gasteiger partial charge in [0, 0.05) is 18.5 Å². The number of hydrogen-bond donors (Lipinski definition) is 3. The van der Waals surface area contributed by atoms with E-state index in [-0.39, 0.29) is 34.8 Å². The summed E-state index contributed by atoms with van der Waals surface area (Å²) in [5.41, 5.74) is -3.37. The van der Waals surface area contributed by atoms with Crippen LogP contribution in [0.15, 0.2) is 46.6 Å². The molecule has 0 spiro atoms. The molecular formula is C30H29F6N5O4S.